The van der Waals surface area contributed by atoms with Crippen LogP contribution in [0.25, 0.3) is 0 Å². The van der Waals surface area contributed by atoms with Crippen molar-refractivity contribution in [2.45, 2.75) is 116 Å². The molecule has 1 atom stereocenters. The normalized spacial score (nSPS) is 13.4. The van der Waals surface area contributed by atoms with Crippen LogP contribution in [0.15, 0.2) is 60.7 Å². The first-order chi connectivity index (χ1) is 21.1. The molecule has 0 unspecified atom stereocenters. The smallest absolute Gasteiger partial charge is 0.408 e. The number of alkyl carbamates (subject to hydrolysis) is 1. The molecule has 252 valence electrons. The zero-order valence-electron chi connectivity index (χ0n) is 28.8. The molecule has 0 fully saturated rings. The average Bonchev–Trinajstić information content (AvgIpc) is 2.94. The number of esters is 1. The summed E-state index contributed by atoms with van der Waals surface area (Å²) < 4.78 is 10.7. The van der Waals surface area contributed by atoms with Crippen LogP contribution < -0.4 is 21.3 Å². The molecule has 0 radical (unpaired) electrons. The summed E-state index contributed by atoms with van der Waals surface area (Å²) in [5, 5.41) is 10.8. The summed E-state index contributed by atoms with van der Waals surface area (Å²) in [6.07, 6.45) is -0.181. The number of carbonyl (C=O) groups excluding carboxylic acids is 5. The maximum atomic E-state index is 13.8. The highest BCUT2D eigenvalue weighted by Gasteiger charge is 2.44. The molecular weight excluding hydrogens is 588 g/mol. The quantitative estimate of drug-likeness (QED) is 0.238. The van der Waals surface area contributed by atoms with Crippen molar-refractivity contribution in [1.82, 2.24) is 21.3 Å². The molecule has 2 aromatic rings. The molecule has 46 heavy (non-hydrogen) atoms. The molecule has 0 saturated carbocycles. The van der Waals surface area contributed by atoms with E-state index in [1.165, 1.54) is 41.5 Å². The first-order valence-electron chi connectivity index (χ1n) is 15.3. The van der Waals surface area contributed by atoms with Crippen molar-refractivity contribution in [2.75, 3.05) is 0 Å². The Morgan fingerprint density at radius 3 is 1.54 bits per heavy atom. The number of ether oxygens (including phenoxy) is 2. The molecule has 0 spiro atoms. The summed E-state index contributed by atoms with van der Waals surface area (Å²) in [7, 11) is 0. The summed E-state index contributed by atoms with van der Waals surface area (Å²) in [5.74, 6) is -2.53. The fourth-order valence-corrected chi connectivity index (χ4v) is 4.13. The van der Waals surface area contributed by atoms with Crippen LogP contribution in [0, 0.1) is 0 Å². The van der Waals surface area contributed by atoms with E-state index in [1.54, 1.807) is 39.8 Å². The molecule has 0 aromatic heterocycles. The average molecular weight is 639 g/mol. The van der Waals surface area contributed by atoms with Gasteiger partial charge in [-0.15, -0.1) is 0 Å². The Morgan fingerprint density at radius 1 is 0.565 bits per heavy atom. The van der Waals surface area contributed by atoms with Gasteiger partial charge in [-0.2, -0.15) is 0 Å². The lowest BCUT2D eigenvalue weighted by Crippen LogP contribution is -2.68. The zero-order valence-corrected chi connectivity index (χ0v) is 28.8. The summed E-state index contributed by atoms with van der Waals surface area (Å²) >= 11 is 0. The van der Waals surface area contributed by atoms with Crippen LogP contribution in [0.4, 0.5) is 4.79 Å². The molecular formula is C35H50N4O7. The predicted octanol–water partition coefficient (Wildman–Crippen LogP) is 4.33. The van der Waals surface area contributed by atoms with E-state index in [-0.39, 0.29) is 13.0 Å². The number of benzene rings is 2. The van der Waals surface area contributed by atoms with E-state index in [0.717, 1.165) is 11.1 Å². The first-order valence-corrected chi connectivity index (χ1v) is 15.3. The number of hydrogen-bond donors (Lipinski definition) is 4. The van der Waals surface area contributed by atoms with Crippen LogP contribution in [-0.4, -0.2) is 57.5 Å². The van der Waals surface area contributed by atoms with E-state index in [2.05, 4.69) is 21.3 Å². The molecule has 2 rings (SSSR count). The van der Waals surface area contributed by atoms with E-state index in [4.69, 9.17) is 9.47 Å². The minimum absolute atomic E-state index is 0.0205. The monoisotopic (exact) mass is 638 g/mol. The highest BCUT2D eigenvalue weighted by atomic mass is 16.6. The van der Waals surface area contributed by atoms with Crippen molar-refractivity contribution in [3.05, 3.63) is 71.8 Å². The Hall–Kier alpha value is -4.41. The highest BCUT2D eigenvalue weighted by molar-refractivity contribution is 5.99. The largest absolute Gasteiger partial charge is 0.458 e. The van der Waals surface area contributed by atoms with Gasteiger partial charge in [-0.05, 0) is 93.2 Å². The SMILES string of the molecule is CC(C)(C)OC(=O)C(C)(C)NC(=O)[C@@](C)(CCc1ccccc1)NC(=O)C(C)(C)NC(=O)C(C)(C)NC(=O)OCc1ccccc1. The summed E-state index contributed by atoms with van der Waals surface area (Å²) in [5.41, 5.74) is -4.91. The Bertz CT molecular complexity index is 1380. The van der Waals surface area contributed by atoms with E-state index >= 15 is 0 Å². The Morgan fingerprint density at radius 2 is 1.02 bits per heavy atom. The summed E-state index contributed by atoms with van der Waals surface area (Å²) in [6, 6.07) is 18.6. The lowest BCUT2D eigenvalue weighted by molar-refractivity contribution is -0.163. The van der Waals surface area contributed by atoms with Gasteiger partial charge in [0.05, 0.1) is 0 Å². The van der Waals surface area contributed by atoms with Gasteiger partial charge in [-0.3, -0.25) is 14.4 Å². The second-order valence-electron chi connectivity index (χ2n) is 14.2. The number of carbonyl (C=O) groups is 5. The molecule has 0 saturated heterocycles. The van der Waals surface area contributed by atoms with Crippen LogP contribution in [0.1, 0.15) is 86.8 Å². The van der Waals surface area contributed by atoms with Crippen LogP contribution in [0.3, 0.4) is 0 Å². The predicted molar refractivity (Wildman–Crippen MR) is 175 cm³/mol. The van der Waals surface area contributed by atoms with Gasteiger partial charge in [0.2, 0.25) is 17.7 Å². The number of hydrogen-bond acceptors (Lipinski definition) is 7. The molecule has 4 N–H and O–H groups in total. The molecule has 11 nitrogen and oxygen atoms in total. The maximum absolute atomic E-state index is 13.8. The number of aryl methyl sites for hydroxylation is 1. The van der Waals surface area contributed by atoms with Crippen molar-refractivity contribution < 1.29 is 33.4 Å². The number of nitrogens with one attached hydrogen (secondary N) is 4. The van der Waals surface area contributed by atoms with Crippen LogP contribution >= 0.6 is 0 Å². The molecule has 0 heterocycles. The van der Waals surface area contributed by atoms with Crippen LogP contribution in [0.5, 0.6) is 0 Å². The Balaban J connectivity index is 2.18. The standard InChI is InChI=1S/C35H50N4O7/c1-31(2,3)46-29(43)34(8,9)37-28(42)35(10,22-21-24-17-13-11-14-18-24)38-27(41)32(4,5)36-26(40)33(6,7)39-30(44)45-23-25-19-15-12-16-20-25/h11-20H,21-23H2,1-10H3,(H,36,40)(H,37,42)(H,38,41)(H,39,44)/t35-/m1/s1. The van der Waals surface area contributed by atoms with Gasteiger partial charge in [-0.1, -0.05) is 60.7 Å². The van der Waals surface area contributed by atoms with Crippen molar-refractivity contribution in [2.24, 2.45) is 0 Å². The zero-order chi connectivity index (χ0) is 35.0. The van der Waals surface area contributed by atoms with Gasteiger partial charge < -0.3 is 30.7 Å². The molecule has 11 heteroatoms. The van der Waals surface area contributed by atoms with Gasteiger partial charge >= 0.3 is 12.1 Å². The third-order valence-electron chi connectivity index (χ3n) is 7.17. The fourth-order valence-electron chi connectivity index (χ4n) is 4.13. The van der Waals surface area contributed by atoms with Gasteiger partial charge in [0.15, 0.2) is 0 Å². The molecule has 2 aromatic carbocycles. The Kier molecular flexibility index (Phi) is 12.1. The summed E-state index contributed by atoms with van der Waals surface area (Å²) in [4.78, 5) is 66.2. The second kappa shape index (κ2) is 14.8. The molecule has 0 bridgehead atoms. The third kappa shape index (κ3) is 11.5. The fraction of sp³-hybridized carbons (Fsp3) is 0.514. The van der Waals surface area contributed by atoms with Gasteiger partial charge in [-0.25, -0.2) is 9.59 Å². The minimum atomic E-state index is -1.51. The van der Waals surface area contributed by atoms with E-state index in [9.17, 15) is 24.0 Å². The van der Waals surface area contributed by atoms with Crippen LogP contribution in [0.2, 0.25) is 0 Å². The lowest BCUT2D eigenvalue weighted by Gasteiger charge is -2.38. The van der Waals surface area contributed by atoms with Gasteiger partial charge in [0.1, 0.15) is 34.4 Å². The lowest BCUT2D eigenvalue weighted by atomic mass is 9.89. The first kappa shape index (κ1) is 37.8. The minimum Gasteiger partial charge on any atom is -0.458 e. The number of rotatable bonds is 13. The van der Waals surface area contributed by atoms with E-state index < -0.39 is 57.5 Å². The van der Waals surface area contributed by atoms with Crippen molar-refractivity contribution in [1.29, 1.82) is 0 Å². The molecule has 0 aliphatic rings. The Labute approximate surface area is 272 Å². The molecule has 0 aliphatic heterocycles. The maximum Gasteiger partial charge on any atom is 0.408 e. The third-order valence-corrected chi connectivity index (χ3v) is 7.17. The number of amides is 4. The molecule has 4 amide bonds. The van der Waals surface area contributed by atoms with Crippen molar-refractivity contribution in [3.8, 4) is 0 Å². The van der Waals surface area contributed by atoms with Gasteiger partial charge in [0, 0.05) is 0 Å². The van der Waals surface area contributed by atoms with E-state index in [1.807, 2.05) is 48.5 Å². The van der Waals surface area contributed by atoms with Gasteiger partial charge in [0.25, 0.3) is 0 Å². The van der Waals surface area contributed by atoms with Crippen molar-refractivity contribution >= 4 is 29.8 Å². The molecule has 0 aliphatic carbocycles. The second-order valence-corrected chi connectivity index (χ2v) is 14.2. The summed E-state index contributed by atoms with van der Waals surface area (Å²) in [6.45, 7) is 15.8. The van der Waals surface area contributed by atoms with Crippen molar-refractivity contribution in [3.63, 3.8) is 0 Å². The van der Waals surface area contributed by atoms with Crippen LogP contribution in [-0.2, 0) is 41.7 Å². The topological polar surface area (TPSA) is 152 Å². The van der Waals surface area contributed by atoms with E-state index in [0.29, 0.717) is 6.42 Å². The highest BCUT2D eigenvalue weighted by Crippen LogP contribution is 2.21.